The van der Waals surface area contributed by atoms with E-state index in [-0.39, 0.29) is 17.6 Å². The fraction of sp³-hybridized carbons (Fsp3) is 0.462. The van der Waals surface area contributed by atoms with Gasteiger partial charge in [-0.15, -0.1) is 0 Å². The van der Waals surface area contributed by atoms with Crippen LogP contribution in [0, 0.1) is 11.8 Å². The van der Waals surface area contributed by atoms with Crippen LogP contribution in [0.15, 0.2) is 54.6 Å². The van der Waals surface area contributed by atoms with Gasteiger partial charge in [-0.25, -0.2) is 0 Å². The van der Waals surface area contributed by atoms with Crippen LogP contribution in [0.3, 0.4) is 0 Å². The molecule has 1 saturated heterocycles. The molecule has 2 aromatic rings. The van der Waals surface area contributed by atoms with Gasteiger partial charge in [-0.2, -0.15) is 0 Å². The Hall–Kier alpha value is -2.46. The van der Waals surface area contributed by atoms with Crippen LogP contribution in [0.25, 0.3) is 0 Å². The lowest BCUT2D eigenvalue weighted by Gasteiger charge is -2.32. The van der Waals surface area contributed by atoms with Crippen LogP contribution < -0.4 is 0 Å². The van der Waals surface area contributed by atoms with Crippen molar-refractivity contribution >= 4 is 11.7 Å². The van der Waals surface area contributed by atoms with Gasteiger partial charge >= 0.3 is 0 Å². The van der Waals surface area contributed by atoms with E-state index in [1.807, 2.05) is 49.5 Å². The molecule has 1 amide bonds. The van der Waals surface area contributed by atoms with E-state index in [0.29, 0.717) is 19.0 Å². The minimum Gasteiger partial charge on any atom is -0.340 e. The smallest absolute Gasteiger partial charge is 0.236 e. The predicted molar refractivity (Wildman–Crippen MR) is 121 cm³/mol. The summed E-state index contributed by atoms with van der Waals surface area (Å²) in [5, 5.41) is 0. The van der Waals surface area contributed by atoms with E-state index < -0.39 is 0 Å². The Balaban J connectivity index is 1.46. The van der Waals surface area contributed by atoms with E-state index in [0.717, 1.165) is 43.5 Å². The van der Waals surface area contributed by atoms with Crippen LogP contribution in [0.5, 0.6) is 0 Å². The minimum atomic E-state index is 0.0642. The van der Waals surface area contributed by atoms with Gasteiger partial charge in [-0.05, 0) is 49.4 Å². The summed E-state index contributed by atoms with van der Waals surface area (Å²) in [7, 11) is 1.86. The van der Waals surface area contributed by atoms with Gasteiger partial charge in [-0.3, -0.25) is 14.5 Å². The molecule has 1 heterocycles. The zero-order chi connectivity index (χ0) is 21.5. The van der Waals surface area contributed by atoms with Crippen LogP contribution in [-0.2, 0) is 17.8 Å². The third kappa shape index (κ3) is 6.27. The second kappa shape index (κ2) is 10.5. The summed E-state index contributed by atoms with van der Waals surface area (Å²) in [6.07, 6.45) is 2.68. The SMILES string of the molecule is CC(C)Cc1ccc(C(=O)C2CCN(CC(=O)N(C)Cc3ccccc3)CC2)cc1. The van der Waals surface area contributed by atoms with Crippen molar-refractivity contribution < 1.29 is 9.59 Å². The molecule has 30 heavy (non-hydrogen) atoms. The molecule has 1 aliphatic rings. The molecule has 0 unspecified atom stereocenters. The van der Waals surface area contributed by atoms with Crippen molar-refractivity contribution in [2.45, 2.75) is 39.7 Å². The quantitative estimate of drug-likeness (QED) is 0.609. The highest BCUT2D eigenvalue weighted by Crippen LogP contribution is 2.22. The molecule has 3 rings (SSSR count). The molecule has 0 saturated carbocycles. The maximum Gasteiger partial charge on any atom is 0.236 e. The second-order valence-electron chi connectivity index (χ2n) is 8.94. The summed E-state index contributed by atoms with van der Waals surface area (Å²) in [5.41, 5.74) is 3.24. The Labute approximate surface area is 180 Å². The van der Waals surface area contributed by atoms with Crippen molar-refractivity contribution in [3.63, 3.8) is 0 Å². The predicted octanol–water partition coefficient (Wildman–Crippen LogP) is 4.44. The van der Waals surface area contributed by atoms with Crippen LogP contribution in [-0.4, -0.2) is 48.2 Å². The number of likely N-dealkylation sites (N-methyl/N-ethyl adjacent to an activating group) is 1. The third-order valence-electron chi connectivity index (χ3n) is 5.89. The maximum atomic E-state index is 12.9. The zero-order valence-corrected chi connectivity index (χ0v) is 18.5. The molecule has 0 radical (unpaired) electrons. The molecular weight excluding hydrogens is 372 g/mol. The van der Waals surface area contributed by atoms with Crippen molar-refractivity contribution in [3.05, 3.63) is 71.3 Å². The maximum absolute atomic E-state index is 12.9. The van der Waals surface area contributed by atoms with Crippen molar-refractivity contribution in [1.82, 2.24) is 9.80 Å². The molecule has 1 fully saturated rings. The van der Waals surface area contributed by atoms with Gasteiger partial charge in [0, 0.05) is 25.1 Å². The normalized spacial score (nSPS) is 15.3. The van der Waals surface area contributed by atoms with Gasteiger partial charge in [-0.1, -0.05) is 68.4 Å². The number of piperidine rings is 1. The number of benzene rings is 2. The number of hydrogen-bond acceptors (Lipinski definition) is 3. The molecular formula is C26H34N2O2. The summed E-state index contributed by atoms with van der Waals surface area (Å²) in [6.45, 7) is 7.06. The van der Waals surface area contributed by atoms with Crippen LogP contribution in [0.1, 0.15) is 48.2 Å². The molecule has 0 atom stereocenters. The third-order valence-corrected chi connectivity index (χ3v) is 5.89. The largest absolute Gasteiger partial charge is 0.340 e. The molecule has 1 aliphatic heterocycles. The van der Waals surface area contributed by atoms with E-state index in [1.54, 1.807) is 4.90 Å². The number of likely N-dealkylation sites (tertiary alicyclic amines) is 1. The summed E-state index contributed by atoms with van der Waals surface area (Å²) in [4.78, 5) is 29.4. The molecule has 0 aliphatic carbocycles. The number of nitrogens with zero attached hydrogens (tertiary/aromatic N) is 2. The molecule has 4 heteroatoms. The van der Waals surface area contributed by atoms with Crippen LogP contribution in [0.2, 0.25) is 0 Å². The Morgan fingerprint density at radius 2 is 1.60 bits per heavy atom. The number of ketones is 1. The van der Waals surface area contributed by atoms with E-state index >= 15 is 0 Å². The lowest BCUT2D eigenvalue weighted by atomic mass is 9.88. The Morgan fingerprint density at radius 1 is 0.967 bits per heavy atom. The number of rotatable bonds is 8. The number of Topliss-reactive ketones (excluding diaryl/α,β-unsaturated/α-hetero) is 1. The van der Waals surface area contributed by atoms with Crippen LogP contribution in [0.4, 0.5) is 0 Å². The van der Waals surface area contributed by atoms with Gasteiger partial charge in [0.2, 0.25) is 5.91 Å². The summed E-state index contributed by atoms with van der Waals surface area (Å²) >= 11 is 0. The van der Waals surface area contributed by atoms with E-state index in [1.165, 1.54) is 5.56 Å². The highest BCUT2D eigenvalue weighted by atomic mass is 16.2. The first-order valence-electron chi connectivity index (χ1n) is 11.1. The van der Waals surface area contributed by atoms with E-state index in [9.17, 15) is 9.59 Å². The standard InChI is InChI=1S/C26H34N2O2/c1-20(2)17-21-9-11-23(12-10-21)26(30)24-13-15-28(16-14-24)19-25(29)27(3)18-22-7-5-4-6-8-22/h4-12,20,24H,13-19H2,1-3H3. The van der Waals surface area contributed by atoms with E-state index in [4.69, 9.17) is 0 Å². The fourth-order valence-corrected chi connectivity index (χ4v) is 4.12. The first-order valence-corrected chi connectivity index (χ1v) is 11.1. The highest BCUT2D eigenvalue weighted by molar-refractivity contribution is 5.98. The number of amides is 1. The first kappa shape index (κ1) is 22.2. The zero-order valence-electron chi connectivity index (χ0n) is 18.5. The Kier molecular flexibility index (Phi) is 7.81. The number of hydrogen-bond donors (Lipinski definition) is 0. The Morgan fingerprint density at radius 3 is 2.20 bits per heavy atom. The molecule has 0 bridgehead atoms. The fourth-order valence-electron chi connectivity index (χ4n) is 4.12. The molecule has 0 N–H and O–H groups in total. The minimum absolute atomic E-state index is 0.0642. The monoisotopic (exact) mass is 406 g/mol. The van der Waals surface area contributed by atoms with E-state index in [2.05, 4.69) is 30.9 Å². The average molecular weight is 407 g/mol. The Bertz CT molecular complexity index is 822. The molecule has 0 spiro atoms. The van der Waals surface area contributed by atoms with Gasteiger partial charge in [0.15, 0.2) is 5.78 Å². The second-order valence-corrected chi connectivity index (χ2v) is 8.94. The first-order chi connectivity index (χ1) is 14.4. The highest BCUT2D eigenvalue weighted by Gasteiger charge is 2.27. The van der Waals surface area contributed by atoms with Crippen molar-refractivity contribution in [2.24, 2.45) is 11.8 Å². The number of carbonyl (C=O) groups is 2. The summed E-state index contributed by atoms with van der Waals surface area (Å²) in [5.74, 6) is 1.06. The van der Waals surface area contributed by atoms with Crippen molar-refractivity contribution in [3.8, 4) is 0 Å². The van der Waals surface area contributed by atoms with Gasteiger partial charge < -0.3 is 4.90 Å². The van der Waals surface area contributed by atoms with Gasteiger partial charge in [0.1, 0.15) is 0 Å². The van der Waals surface area contributed by atoms with Crippen molar-refractivity contribution in [1.29, 1.82) is 0 Å². The number of carbonyl (C=O) groups excluding carboxylic acids is 2. The molecule has 0 aromatic heterocycles. The lowest BCUT2D eigenvalue weighted by Crippen LogP contribution is -2.43. The summed E-state index contributed by atoms with van der Waals surface area (Å²) in [6, 6.07) is 18.2. The molecule has 4 nitrogen and oxygen atoms in total. The average Bonchev–Trinajstić information content (AvgIpc) is 2.74. The van der Waals surface area contributed by atoms with Crippen LogP contribution >= 0.6 is 0 Å². The van der Waals surface area contributed by atoms with Gasteiger partial charge in [0.05, 0.1) is 6.54 Å². The van der Waals surface area contributed by atoms with Gasteiger partial charge in [0.25, 0.3) is 0 Å². The molecule has 160 valence electrons. The molecule has 2 aromatic carbocycles. The summed E-state index contributed by atoms with van der Waals surface area (Å²) < 4.78 is 0. The van der Waals surface area contributed by atoms with Crippen molar-refractivity contribution in [2.75, 3.05) is 26.7 Å². The topological polar surface area (TPSA) is 40.6 Å². The lowest BCUT2D eigenvalue weighted by molar-refractivity contribution is -0.131.